The van der Waals surface area contributed by atoms with Gasteiger partial charge in [0.1, 0.15) is 23.3 Å². The van der Waals surface area contributed by atoms with Gasteiger partial charge in [0.15, 0.2) is 5.82 Å². The van der Waals surface area contributed by atoms with Gasteiger partial charge in [0, 0.05) is 31.9 Å². The van der Waals surface area contributed by atoms with E-state index in [4.69, 9.17) is 9.72 Å². The first-order valence-corrected chi connectivity index (χ1v) is 12.5. The number of rotatable bonds is 8. The number of nitrogens with one attached hydrogen (secondary N) is 1. The summed E-state index contributed by atoms with van der Waals surface area (Å²) < 4.78 is 8.12. The molecule has 1 unspecified atom stereocenters. The number of carbonyl (C=O) groups is 1. The first-order valence-electron chi connectivity index (χ1n) is 12.5. The monoisotopic (exact) mass is 519 g/mol. The molecule has 0 spiro atoms. The topological polar surface area (TPSA) is 98.1 Å². The maximum Gasteiger partial charge on any atom is 0.246 e. The third-order valence-corrected chi connectivity index (χ3v) is 6.54. The molecule has 0 aliphatic rings. The third-order valence-electron chi connectivity index (χ3n) is 6.54. The normalized spacial score (nSPS) is 12.1. The fourth-order valence-electron chi connectivity index (χ4n) is 4.14. The molecule has 3 heterocycles. The van der Waals surface area contributed by atoms with Crippen molar-refractivity contribution in [2.45, 2.75) is 19.9 Å². The van der Waals surface area contributed by atoms with E-state index >= 15 is 0 Å². The zero-order valence-electron chi connectivity index (χ0n) is 22.3. The molecule has 39 heavy (non-hydrogen) atoms. The smallest absolute Gasteiger partial charge is 0.246 e. The number of aryl methyl sites for hydroxylation is 2. The number of benzene rings is 2. The van der Waals surface area contributed by atoms with E-state index in [1.807, 2.05) is 86.1 Å². The average Bonchev–Trinajstić information content (AvgIpc) is 3.32. The van der Waals surface area contributed by atoms with Gasteiger partial charge in [-0.05, 0) is 74.0 Å². The number of aromatic nitrogens is 5. The molecule has 2 aromatic carbocycles. The summed E-state index contributed by atoms with van der Waals surface area (Å²) in [6, 6.07) is 15.4. The van der Waals surface area contributed by atoms with Crippen LogP contribution in [0.1, 0.15) is 18.2 Å². The van der Waals surface area contributed by atoms with Crippen molar-refractivity contribution in [2.75, 3.05) is 12.4 Å². The molecule has 0 saturated heterocycles. The molecule has 1 amide bonds. The van der Waals surface area contributed by atoms with Gasteiger partial charge in [-0.1, -0.05) is 12.7 Å². The summed E-state index contributed by atoms with van der Waals surface area (Å²) in [7, 11) is 3.70. The maximum absolute atomic E-state index is 11.9. The van der Waals surface area contributed by atoms with E-state index in [-0.39, 0.29) is 11.9 Å². The number of pyridine rings is 1. The first-order chi connectivity index (χ1) is 18.8. The molecular formula is C30H29N7O2. The SMILES string of the molecule is C=CC(=O)N(C)C(C)/C=C/c1ccc2ncnc(Nc3ccc(Oc4ccc5c(c4)ncn5C)c(C)c3)c2n1. The minimum absolute atomic E-state index is 0.118. The fourth-order valence-corrected chi connectivity index (χ4v) is 4.14. The van der Waals surface area contributed by atoms with Crippen LogP contribution in [0.3, 0.4) is 0 Å². The summed E-state index contributed by atoms with van der Waals surface area (Å²) in [6.07, 6.45) is 8.40. The van der Waals surface area contributed by atoms with Gasteiger partial charge in [0.2, 0.25) is 5.91 Å². The van der Waals surface area contributed by atoms with Gasteiger partial charge < -0.3 is 19.5 Å². The Kier molecular flexibility index (Phi) is 7.05. The van der Waals surface area contributed by atoms with E-state index < -0.39 is 0 Å². The standard InChI is InChI=1S/C30H29N7O2/c1-6-28(38)37(5)20(3)7-8-21-9-12-24-29(34-21)30(32-17-31-24)35-22-10-14-27(19(2)15-22)39-23-11-13-26-25(16-23)33-18-36(26)4/h6-18,20H,1H2,2-5H3,(H,31,32,35)/b8-7+. The summed E-state index contributed by atoms with van der Waals surface area (Å²) in [5.74, 6) is 1.93. The molecule has 9 nitrogen and oxygen atoms in total. The lowest BCUT2D eigenvalue weighted by Gasteiger charge is -2.20. The van der Waals surface area contributed by atoms with E-state index in [1.165, 1.54) is 12.4 Å². The van der Waals surface area contributed by atoms with Gasteiger partial charge in [0.25, 0.3) is 0 Å². The Morgan fingerprint density at radius 1 is 1.10 bits per heavy atom. The molecule has 5 rings (SSSR count). The van der Waals surface area contributed by atoms with Crippen molar-refractivity contribution in [3.05, 3.63) is 91.2 Å². The third kappa shape index (κ3) is 5.47. The van der Waals surface area contributed by atoms with E-state index in [9.17, 15) is 4.79 Å². The first kappa shape index (κ1) is 25.6. The number of fused-ring (bicyclic) bond motifs is 2. The van der Waals surface area contributed by atoms with Crippen LogP contribution < -0.4 is 10.1 Å². The summed E-state index contributed by atoms with van der Waals surface area (Å²) in [5, 5.41) is 3.37. The van der Waals surface area contributed by atoms with Crippen molar-refractivity contribution in [2.24, 2.45) is 7.05 Å². The molecular weight excluding hydrogens is 490 g/mol. The number of ether oxygens (including phenoxy) is 1. The molecule has 0 saturated carbocycles. The highest BCUT2D eigenvalue weighted by atomic mass is 16.5. The van der Waals surface area contributed by atoms with Gasteiger partial charge in [-0.2, -0.15) is 0 Å². The van der Waals surface area contributed by atoms with E-state index in [0.29, 0.717) is 11.3 Å². The van der Waals surface area contributed by atoms with E-state index in [1.54, 1.807) is 18.3 Å². The number of imidazole rings is 1. The Labute approximate surface area is 226 Å². The Hall–Kier alpha value is -5.05. The summed E-state index contributed by atoms with van der Waals surface area (Å²) in [6.45, 7) is 7.47. The lowest BCUT2D eigenvalue weighted by Crippen LogP contribution is -2.32. The number of hydrogen-bond donors (Lipinski definition) is 1. The van der Waals surface area contributed by atoms with Gasteiger partial charge in [0.05, 0.1) is 28.6 Å². The molecule has 0 aliphatic heterocycles. The van der Waals surface area contributed by atoms with E-state index in [2.05, 4.69) is 26.8 Å². The second kappa shape index (κ2) is 10.7. The number of nitrogens with zero attached hydrogens (tertiary/aromatic N) is 6. The van der Waals surface area contributed by atoms with Crippen molar-refractivity contribution in [3.8, 4) is 11.5 Å². The lowest BCUT2D eigenvalue weighted by atomic mass is 10.2. The van der Waals surface area contributed by atoms with Crippen LogP contribution in [0.4, 0.5) is 11.5 Å². The molecule has 196 valence electrons. The van der Waals surface area contributed by atoms with Crippen LogP contribution in [0.25, 0.3) is 28.1 Å². The fraction of sp³-hybridized carbons (Fsp3) is 0.167. The summed E-state index contributed by atoms with van der Waals surface area (Å²) >= 11 is 0. The molecule has 9 heteroatoms. The van der Waals surface area contributed by atoms with Gasteiger partial charge in [-0.3, -0.25) is 4.79 Å². The van der Waals surface area contributed by atoms with Crippen molar-refractivity contribution in [3.63, 3.8) is 0 Å². The minimum atomic E-state index is -0.139. The second-order valence-corrected chi connectivity index (χ2v) is 9.29. The number of likely N-dealkylation sites (N-methyl/N-ethyl adjacent to an activating group) is 1. The predicted molar refractivity (Wildman–Crippen MR) is 154 cm³/mol. The molecule has 0 bridgehead atoms. The van der Waals surface area contributed by atoms with Crippen molar-refractivity contribution >= 4 is 45.6 Å². The van der Waals surface area contributed by atoms with Crippen molar-refractivity contribution in [1.82, 2.24) is 29.4 Å². The largest absolute Gasteiger partial charge is 0.457 e. The number of anilines is 2. The Bertz CT molecular complexity index is 1720. The predicted octanol–water partition coefficient (Wildman–Crippen LogP) is 5.80. The maximum atomic E-state index is 11.9. The van der Waals surface area contributed by atoms with Gasteiger partial charge in [-0.25, -0.2) is 19.9 Å². The molecule has 1 N–H and O–H groups in total. The van der Waals surface area contributed by atoms with Crippen LogP contribution in [0.15, 0.2) is 79.9 Å². The summed E-state index contributed by atoms with van der Waals surface area (Å²) in [5.41, 5.74) is 5.84. The number of amides is 1. The molecule has 0 radical (unpaired) electrons. The van der Waals surface area contributed by atoms with Crippen LogP contribution in [0.5, 0.6) is 11.5 Å². The Morgan fingerprint density at radius 2 is 1.95 bits per heavy atom. The zero-order chi connectivity index (χ0) is 27.5. The highest BCUT2D eigenvalue weighted by molar-refractivity contribution is 5.88. The molecule has 0 fully saturated rings. The van der Waals surface area contributed by atoms with Crippen LogP contribution in [-0.2, 0) is 11.8 Å². The van der Waals surface area contributed by atoms with Gasteiger partial charge >= 0.3 is 0 Å². The van der Waals surface area contributed by atoms with Crippen LogP contribution >= 0.6 is 0 Å². The minimum Gasteiger partial charge on any atom is -0.457 e. The molecule has 5 aromatic rings. The molecule has 0 aliphatic carbocycles. The quantitative estimate of drug-likeness (QED) is 0.259. The zero-order valence-corrected chi connectivity index (χ0v) is 22.3. The number of hydrogen-bond acceptors (Lipinski definition) is 7. The van der Waals surface area contributed by atoms with Gasteiger partial charge in [-0.15, -0.1) is 0 Å². The highest BCUT2D eigenvalue weighted by Gasteiger charge is 2.11. The van der Waals surface area contributed by atoms with Crippen LogP contribution in [0.2, 0.25) is 0 Å². The summed E-state index contributed by atoms with van der Waals surface area (Å²) in [4.78, 5) is 31.4. The van der Waals surface area contributed by atoms with Crippen LogP contribution in [0, 0.1) is 6.92 Å². The van der Waals surface area contributed by atoms with Crippen LogP contribution in [-0.4, -0.2) is 48.4 Å². The Balaban J connectivity index is 1.35. The highest BCUT2D eigenvalue weighted by Crippen LogP contribution is 2.30. The Morgan fingerprint density at radius 3 is 2.74 bits per heavy atom. The lowest BCUT2D eigenvalue weighted by molar-refractivity contribution is -0.125. The average molecular weight is 520 g/mol. The second-order valence-electron chi connectivity index (χ2n) is 9.29. The molecule has 1 atom stereocenters. The molecule has 3 aromatic heterocycles. The van der Waals surface area contributed by atoms with Crippen molar-refractivity contribution in [1.29, 1.82) is 0 Å². The number of carbonyl (C=O) groups excluding carboxylic acids is 1. The van der Waals surface area contributed by atoms with Crippen molar-refractivity contribution < 1.29 is 9.53 Å². The van der Waals surface area contributed by atoms with E-state index in [0.717, 1.165) is 45.0 Å².